The third kappa shape index (κ3) is 3.93. The van der Waals surface area contributed by atoms with Gasteiger partial charge < -0.3 is 16.8 Å². The molecule has 0 bridgehead atoms. The second kappa shape index (κ2) is 8.53. The Morgan fingerprint density at radius 1 is 1.12 bits per heavy atom. The van der Waals surface area contributed by atoms with Crippen LogP contribution in [-0.4, -0.2) is 19.5 Å². The van der Waals surface area contributed by atoms with Crippen LogP contribution >= 0.6 is 11.6 Å². The number of anilines is 3. The van der Waals surface area contributed by atoms with Crippen molar-refractivity contribution >= 4 is 40.1 Å². The molecule has 0 radical (unpaired) electrons. The quantitative estimate of drug-likeness (QED) is 0.397. The average molecular weight is 487 g/mol. The number of halogens is 4. The predicted molar refractivity (Wildman–Crippen MR) is 120 cm³/mol. The topological polar surface area (TPSA) is 149 Å². The normalized spacial score (nSPS) is 11.9. The van der Waals surface area contributed by atoms with E-state index < -0.39 is 34.1 Å². The van der Waals surface area contributed by atoms with E-state index in [1.807, 2.05) is 6.07 Å². The highest BCUT2D eigenvalue weighted by molar-refractivity contribution is 6.35. The molecule has 0 spiro atoms. The molecule has 0 saturated heterocycles. The zero-order valence-electron chi connectivity index (χ0n) is 17.3. The van der Waals surface area contributed by atoms with Gasteiger partial charge in [-0.3, -0.25) is 9.36 Å². The van der Waals surface area contributed by atoms with Crippen LogP contribution in [0, 0.1) is 28.8 Å². The molecule has 13 heteroatoms. The van der Waals surface area contributed by atoms with E-state index in [9.17, 15) is 23.2 Å². The van der Waals surface area contributed by atoms with Crippen LogP contribution in [0.25, 0.3) is 16.6 Å². The summed E-state index contributed by atoms with van der Waals surface area (Å²) in [7, 11) is 0. The highest BCUT2D eigenvalue weighted by Gasteiger charge is 2.23. The van der Waals surface area contributed by atoms with E-state index in [0.29, 0.717) is 6.07 Å². The molecule has 9 nitrogen and oxygen atoms in total. The molecule has 0 fully saturated rings. The molecule has 172 valence electrons. The Morgan fingerprint density at radius 3 is 2.44 bits per heavy atom. The molecule has 4 rings (SSSR count). The summed E-state index contributed by atoms with van der Waals surface area (Å²) in [6, 6.07) is 5.65. The zero-order valence-corrected chi connectivity index (χ0v) is 18.0. The van der Waals surface area contributed by atoms with Gasteiger partial charge in [-0.2, -0.15) is 15.2 Å². The molecule has 2 aromatic heterocycles. The lowest BCUT2D eigenvalue weighted by molar-refractivity contribution is 0.579. The van der Waals surface area contributed by atoms with Gasteiger partial charge in [-0.15, -0.1) is 0 Å². The number of fused-ring (bicyclic) bond motifs is 1. The fraction of sp³-hybridized carbons (Fsp3) is 0.0952. The van der Waals surface area contributed by atoms with Crippen molar-refractivity contribution in [3.63, 3.8) is 0 Å². The van der Waals surface area contributed by atoms with Crippen LogP contribution in [0.3, 0.4) is 0 Å². The zero-order chi connectivity index (χ0) is 24.7. The van der Waals surface area contributed by atoms with E-state index in [1.54, 1.807) is 6.92 Å². The molecule has 1 unspecified atom stereocenters. The maximum atomic E-state index is 14.1. The minimum atomic E-state index is -0.956. The van der Waals surface area contributed by atoms with E-state index in [1.165, 1.54) is 6.07 Å². The minimum Gasteiger partial charge on any atom is -0.382 e. The van der Waals surface area contributed by atoms with Crippen molar-refractivity contribution in [3.05, 3.63) is 74.5 Å². The predicted octanol–water partition coefficient (Wildman–Crippen LogP) is 3.46. The maximum absolute atomic E-state index is 14.1. The van der Waals surface area contributed by atoms with Crippen LogP contribution in [0.5, 0.6) is 0 Å². The summed E-state index contributed by atoms with van der Waals surface area (Å²) in [4.78, 5) is 25.5. The third-order valence-electron chi connectivity index (χ3n) is 4.87. The van der Waals surface area contributed by atoms with Crippen LogP contribution in [-0.2, 0) is 0 Å². The lowest BCUT2D eigenvalue weighted by atomic mass is 10.2. The number of nitrogens with one attached hydrogen (secondary N) is 1. The Kier molecular flexibility index (Phi) is 5.72. The summed E-state index contributed by atoms with van der Waals surface area (Å²) in [5, 5.41) is 11.5. The van der Waals surface area contributed by atoms with Crippen LogP contribution in [0.2, 0.25) is 5.02 Å². The number of benzene rings is 2. The van der Waals surface area contributed by atoms with E-state index in [4.69, 9.17) is 23.1 Å². The van der Waals surface area contributed by atoms with Gasteiger partial charge in [0, 0.05) is 6.07 Å². The van der Waals surface area contributed by atoms with Crippen molar-refractivity contribution in [1.29, 1.82) is 5.26 Å². The van der Waals surface area contributed by atoms with E-state index in [-0.39, 0.29) is 45.6 Å². The minimum absolute atomic E-state index is 0.0374. The van der Waals surface area contributed by atoms with Crippen molar-refractivity contribution in [2.24, 2.45) is 0 Å². The van der Waals surface area contributed by atoms with Crippen LogP contribution < -0.4 is 22.3 Å². The Morgan fingerprint density at radius 2 is 1.79 bits per heavy atom. The largest absolute Gasteiger partial charge is 0.382 e. The number of nitriles is 1. The number of nitrogens with two attached hydrogens (primary N) is 2. The van der Waals surface area contributed by atoms with Gasteiger partial charge in [-0.1, -0.05) is 11.6 Å². The molecule has 2 aromatic carbocycles. The summed E-state index contributed by atoms with van der Waals surface area (Å²) in [5.41, 5.74) is 10.2. The molecule has 0 aliphatic heterocycles. The first-order chi connectivity index (χ1) is 16.1. The first kappa shape index (κ1) is 22.8. The summed E-state index contributed by atoms with van der Waals surface area (Å²) in [5.74, 6) is -3.28. The molecule has 4 aromatic rings. The second-order valence-electron chi connectivity index (χ2n) is 7.16. The van der Waals surface area contributed by atoms with Gasteiger partial charge in [-0.05, 0) is 31.2 Å². The molecular weight excluding hydrogens is 473 g/mol. The molecule has 1 atom stereocenters. The number of aromatic nitrogens is 4. The van der Waals surface area contributed by atoms with E-state index >= 15 is 0 Å². The number of nitrogens with zero attached hydrogens (tertiary/aromatic N) is 5. The Hall–Kier alpha value is -4.37. The van der Waals surface area contributed by atoms with Crippen LogP contribution in [0.4, 0.5) is 30.8 Å². The lowest BCUT2D eigenvalue weighted by Crippen LogP contribution is -2.28. The number of rotatable bonds is 4. The van der Waals surface area contributed by atoms with Crippen LogP contribution in [0.15, 0.2) is 35.1 Å². The summed E-state index contributed by atoms with van der Waals surface area (Å²) in [6.07, 6.45) is 0. The Bertz CT molecular complexity index is 1550. The van der Waals surface area contributed by atoms with Gasteiger partial charge in [0.25, 0.3) is 5.56 Å². The van der Waals surface area contributed by atoms with Crippen molar-refractivity contribution < 1.29 is 13.2 Å². The van der Waals surface area contributed by atoms with E-state index in [2.05, 4.69) is 20.3 Å². The molecule has 5 N–H and O–H groups in total. The third-order valence-corrected chi connectivity index (χ3v) is 5.24. The number of hydrogen-bond donors (Lipinski definition) is 3. The van der Waals surface area contributed by atoms with Crippen molar-refractivity contribution in [3.8, 4) is 11.8 Å². The molecule has 0 amide bonds. The standard InChI is InChI=1S/C21H14ClF3N8O/c1-8(29-18-12(7-26)17(27)31-21(28)32-18)19-30-14-3-2-13(25)16(22)15(14)20(34)33(19)11-5-9(23)4-10(24)6-11/h2-6,8H,1H3,(H5,27,28,29,31,32). The van der Waals surface area contributed by atoms with Gasteiger partial charge >= 0.3 is 0 Å². The van der Waals surface area contributed by atoms with Crippen LogP contribution in [0.1, 0.15) is 24.4 Å². The maximum Gasteiger partial charge on any atom is 0.267 e. The Labute approximate surface area is 194 Å². The monoisotopic (exact) mass is 486 g/mol. The van der Waals surface area contributed by atoms with E-state index in [0.717, 1.165) is 22.8 Å². The van der Waals surface area contributed by atoms with Gasteiger partial charge in [0.05, 0.1) is 27.7 Å². The SMILES string of the molecule is CC(Nc1nc(N)nc(N)c1C#N)c1nc2ccc(F)c(Cl)c2c(=O)n1-c1cc(F)cc(F)c1. The fourth-order valence-corrected chi connectivity index (χ4v) is 3.66. The van der Waals surface area contributed by atoms with Gasteiger partial charge in [0.1, 0.15) is 40.7 Å². The lowest BCUT2D eigenvalue weighted by Gasteiger charge is -2.21. The molecule has 34 heavy (non-hydrogen) atoms. The van der Waals surface area contributed by atoms with Crippen molar-refractivity contribution in [1.82, 2.24) is 19.5 Å². The molecule has 0 aliphatic rings. The second-order valence-corrected chi connectivity index (χ2v) is 7.54. The van der Waals surface area contributed by atoms with Gasteiger partial charge in [0.2, 0.25) is 5.95 Å². The summed E-state index contributed by atoms with van der Waals surface area (Å²) in [6.45, 7) is 1.54. The highest BCUT2D eigenvalue weighted by atomic mass is 35.5. The Balaban J connectivity index is 2.00. The first-order valence-corrected chi connectivity index (χ1v) is 9.95. The smallest absolute Gasteiger partial charge is 0.267 e. The number of nitrogen functional groups attached to an aromatic ring is 2. The van der Waals surface area contributed by atoms with Crippen molar-refractivity contribution in [2.45, 2.75) is 13.0 Å². The summed E-state index contributed by atoms with van der Waals surface area (Å²) < 4.78 is 43.0. The molecule has 0 saturated carbocycles. The average Bonchev–Trinajstić information content (AvgIpc) is 2.75. The summed E-state index contributed by atoms with van der Waals surface area (Å²) >= 11 is 6.02. The first-order valence-electron chi connectivity index (χ1n) is 9.57. The fourth-order valence-electron chi connectivity index (χ4n) is 3.42. The number of hydrogen-bond acceptors (Lipinski definition) is 8. The molecule has 0 aliphatic carbocycles. The highest BCUT2D eigenvalue weighted by Crippen LogP contribution is 2.28. The van der Waals surface area contributed by atoms with Gasteiger partial charge in [0.15, 0.2) is 5.82 Å². The van der Waals surface area contributed by atoms with Gasteiger partial charge in [-0.25, -0.2) is 18.2 Å². The molecular formula is C21H14ClF3N8O. The molecule has 2 heterocycles. The van der Waals surface area contributed by atoms with Crippen molar-refractivity contribution in [2.75, 3.05) is 16.8 Å².